The van der Waals surface area contributed by atoms with Crippen molar-refractivity contribution < 1.29 is 28.6 Å². The molecule has 2 aliphatic heterocycles. The van der Waals surface area contributed by atoms with E-state index in [1.165, 1.54) is 51.5 Å². The number of anilines is 1. The van der Waals surface area contributed by atoms with Gasteiger partial charge in [0.15, 0.2) is 5.71 Å². The smallest absolute Gasteiger partial charge is 0.209 e. The van der Waals surface area contributed by atoms with Gasteiger partial charge in [0.2, 0.25) is 5.69 Å². The van der Waals surface area contributed by atoms with Crippen LogP contribution in [0.25, 0.3) is 0 Å². The molecule has 2 heterocycles. The standard InChI is InChI=1S/C32H37N2.HI/c1-31(2)25-14-7-9-16-27(25)33(5)29(31)20-18-23-12-11-13-24(22-23)19-21-30-32(3,4)26-15-8-10-17-28(26)34(30)6;/h7-10,14-22H,11-13H2,1-6H3;1H/q+1;/p-1. The summed E-state index contributed by atoms with van der Waals surface area (Å²) in [4.78, 5) is 2.35. The van der Waals surface area contributed by atoms with Crippen molar-refractivity contribution in [1.29, 1.82) is 0 Å². The van der Waals surface area contributed by atoms with E-state index in [9.17, 15) is 0 Å². The molecule has 0 N–H and O–H groups in total. The van der Waals surface area contributed by atoms with Crippen LogP contribution in [0.3, 0.4) is 0 Å². The molecular weight excluding hydrogens is 539 g/mol. The molecule has 0 unspecified atom stereocenters. The summed E-state index contributed by atoms with van der Waals surface area (Å²) < 4.78 is 2.35. The minimum Gasteiger partial charge on any atom is -1.00 e. The Kier molecular flexibility index (Phi) is 7.02. The number of rotatable bonds is 3. The molecule has 0 spiro atoms. The molecule has 2 nitrogen and oxygen atoms in total. The van der Waals surface area contributed by atoms with Crippen LogP contribution in [0.15, 0.2) is 95.8 Å². The van der Waals surface area contributed by atoms with Gasteiger partial charge in [-0.1, -0.05) is 68.5 Å². The van der Waals surface area contributed by atoms with Gasteiger partial charge in [-0.25, -0.2) is 0 Å². The van der Waals surface area contributed by atoms with Gasteiger partial charge < -0.3 is 28.9 Å². The summed E-state index contributed by atoms with van der Waals surface area (Å²) in [5, 5.41) is 0. The number of hydrogen-bond donors (Lipinski definition) is 0. The number of benzene rings is 2. The van der Waals surface area contributed by atoms with Crippen LogP contribution in [-0.4, -0.2) is 24.4 Å². The number of likely N-dealkylation sites (N-methyl/N-ethyl adjacent to an activating group) is 1. The Balaban J connectivity index is 0.00000289. The number of nitrogens with zero attached hydrogens (tertiary/aromatic N) is 2. The highest BCUT2D eigenvalue weighted by Crippen LogP contribution is 2.46. The molecule has 0 bridgehead atoms. The highest BCUT2D eigenvalue weighted by atomic mass is 127. The summed E-state index contributed by atoms with van der Waals surface area (Å²) in [6.45, 7) is 9.33. The molecule has 0 radical (unpaired) electrons. The fourth-order valence-electron chi connectivity index (χ4n) is 6.12. The second-order valence-electron chi connectivity index (χ2n) is 11.0. The molecule has 5 rings (SSSR count). The van der Waals surface area contributed by atoms with Gasteiger partial charge in [-0.05, 0) is 62.0 Å². The van der Waals surface area contributed by atoms with E-state index < -0.39 is 0 Å². The first kappa shape index (κ1) is 25.7. The first-order chi connectivity index (χ1) is 16.2. The first-order valence-corrected chi connectivity index (χ1v) is 12.5. The lowest BCUT2D eigenvalue weighted by Gasteiger charge is -2.24. The Bertz CT molecular complexity index is 1300. The van der Waals surface area contributed by atoms with Gasteiger partial charge in [0.25, 0.3) is 0 Å². The summed E-state index contributed by atoms with van der Waals surface area (Å²) in [5.41, 5.74) is 11.1. The topological polar surface area (TPSA) is 6.25 Å². The van der Waals surface area contributed by atoms with E-state index in [0.717, 1.165) is 12.8 Å². The quantitative estimate of drug-likeness (QED) is 0.383. The lowest BCUT2D eigenvalue weighted by atomic mass is 9.81. The fourth-order valence-corrected chi connectivity index (χ4v) is 6.12. The molecule has 1 aliphatic carbocycles. The zero-order chi connectivity index (χ0) is 24.1. The number of fused-ring (bicyclic) bond motifs is 2. The minimum absolute atomic E-state index is 0. The van der Waals surface area contributed by atoms with Crippen molar-refractivity contribution in [3.05, 3.63) is 107 Å². The van der Waals surface area contributed by atoms with E-state index >= 15 is 0 Å². The molecule has 0 saturated carbocycles. The highest BCUT2D eigenvalue weighted by molar-refractivity contribution is 6.03. The Morgan fingerprint density at radius 3 is 2.23 bits per heavy atom. The van der Waals surface area contributed by atoms with E-state index in [0.29, 0.717) is 0 Å². The number of hydrogen-bond acceptors (Lipinski definition) is 1. The molecule has 0 fully saturated rings. The van der Waals surface area contributed by atoms with Crippen molar-refractivity contribution in [2.24, 2.45) is 0 Å². The summed E-state index contributed by atoms with van der Waals surface area (Å²) >= 11 is 0. The normalized spacial score (nSPS) is 22.5. The Hall–Kier alpha value is -2.40. The molecule has 0 saturated heterocycles. The fraction of sp³-hybridized carbons (Fsp3) is 0.344. The third-order valence-corrected chi connectivity index (χ3v) is 8.09. The molecule has 3 heteroatoms. The van der Waals surface area contributed by atoms with Gasteiger partial charge in [0.1, 0.15) is 7.05 Å². The largest absolute Gasteiger partial charge is 1.00 e. The molecule has 35 heavy (non-hydrogen) atoms. The van der Waals surface area contributed by atoms with Crippen molar-refractivity contribution >= 4 is 17.1 Å². The third-order valence-electron chi connectivity index (χ3n) is 8.09. The van der Waals surface area contributed by atoms with Crippen molar-refractivity contribution in [3.8, 4) is 0 Å². The van der Waals surface area contributed by atoms with Crippen LogP contribution in [0.5, 0.6) is 0 Å². The zero-order valence-corrected chi connectivity index (χ0v) is 24.1. The van der Waals surface area contributed by atoms with Crippen LogP contribution < -0.4 is 28.9 Å². The van der Waals surface area contributed by atoms with E-state index in [2.05, 4.69) is 130 Å². The van der Waals surface area contributed by atoms with Crippen LogP contribution in [0.4, 0.5) is 11.4 Å². The molecule has 182 valence electrons. The maximum Gasteiger partial charge on any atom is 0.209 e. The van der Waals surface area contributed by atoms with E-state index in [-0.39, 0.29) is 34.8 Å². The Morgan fingerprint density at radius 1 is 0.829 bits per heavy atom. The second-order valence-corrected chi connectivity index (χ2v) is 11.0. The van der Waals surface area contributed by atoms with Crippen LogP contribution in [-0.2, 0) is 10.8 Å². The van der Waals surface area contributed by atoms with Gasteiger partial charge in [-0.2, -0.15) is 4.58 Å². The molecule has 0 aromatic heterocycles. The maximum absolute atomic E-state index is 2.40. The Morgan fingerprint density at radius 2 is 1.51 bits per heavy atom. The average Bonchev–Trinajstić information content (AvgIpc) is 3.15. The van der Waals surface area contributed by atoms with Crippen LogP contribution in [0.2, 0.25) is 0 Å². The summed E-state index contributed by atoms with van der Waals surface area (Å²) in [5.74, 6) is 0. The van der Waals surface area contributed by atoms with Crippen molar-refractivity contribution in [1.82, 2.24) is 0 Å². The molecule has 3 aliphatic rings. The van der Waals surface area contributed by atoms with Crippen LogP contribution >= 0.6 is 0 Å². The van der Waals surface area contributed by atoms with E-state index in [4.69, 9.17) is 0 Å². The van der Waals surface area contributed by atoms with E-state index in [1.807, 2.05) is 0 Å². The third kappa shape index (κ3) is 4.37. The molecule has 2 aromatic rings. The van der Waals surface area contributed by atoms with Crippen molar-refractivity contribution in [3.63, 3.8) is 0 Å². The SMILES string of the molecule is CN1/C(=C\C=C2C=C(/C=C/C3=[N+](C)c4ccccc4C3(C)C)CCC\2)C(C)(C)c2ccccc21.[I-]. The number of para-hydroxylation sites is 2. The zero-order valence-electron chi connectivity index (χ0n) is 21.9. The number of allylic oxidation sites excluding steroid dienone is 8. The summed E-state index contributed by atoms with van der Waals surface area (Å²) in [6, 6.07) is 17.6. The highest BCUT2D eigenvalue weighted by Gasteiger charge is 2.42. The lowest BCUT2D eigenvalue weighted by Crippen LogP contribution is -3.00. The Labute approximate surface area is 228 Å². The maximum atomic E-state index is 2.40. The van der Waals surface area contributed by atoms with Crippen LogP contribution in [0.1, 0.15) is 58.1 Å². The summed E-state index contributed by atoms with van der Waals surface area (Å²) in [7, 11) is 4.38. The lowest BCUT2D eigenvalue weighted by molar-refractivity contribution is -0.401. The molecule has 0 atom stereocenters. The second kappa shape index (κ2) is 9.57. The van der Waals surface area contributed by atoms with Gasteiger partial charge >= 0.3 is 0 Å². The monoisotopic (exact) mass is 576 g/mol. The molecule has 2 aromatic carbocycles. The minimum atomic E-state index is 0. The van der Waals surface area contributed by atoms with Crippen molar-refractivity contribution in [2.75, 3.05) is 19.0 Å². The van der Waals surface area contributed by atoms with Crippen molar-refractivity contribution in [2.45, 2.75) is 57.8 Å². The van der Waals surface area contributed by atoms with Crippen LogP contribution in [0, 0.1) is 0 Å². The van der Waals surface area contributed by atoms with E-state index in [1.54, 1.807) is 0 Å². The average molecular weight is 577 g/mol. The number of halogens is 1. The molecular formula is C32H37IN2. The van der Waals surface area contributed by atoms with Gasteiger partial charge in [-0.15, -0.1) is 0 Å². The molecule has 0 amide bonds. The predicted octanol–water partition coefficient (Wildman–Crippen LogP) is 4.60. The van der Waals surface area contributed by atoms with Gasteiger partial charge in [-0.3, -0.25) is 0 Å². The van der Waals surface area contributed by atoms with Gasteiger partial charge in [0.05, 0.1) is 5.41 Å². The van der Waals surface area contributed by atoms with Gasteiger partial charge in [0, 0.05) is 41.6 Å². The first-order valence-electron chi connectivity index (χ1n) is 12.5. The summed E-state index contributed by atoms with van der Waals surface area (Å²) in [6.07, 6.45) is 15.3. The predicted molar refractivity (Wildman–Crippen MR) is 145 cm³/mol.